The van der Waals surface area contributed by atoms with Gasteiger partial charge in [0.25, 0.3) is 0 Å². The van der Waals surface area contributed by atoms with Crippen LogP contribution in [0.4, 0.5) is 10.1 Å². The van der Waals surface area contributed by atoms with E-state index in [1.165, 1.54) is 30.3 Å². The lowest BCUT2D eigenvalue weighted by Crippen LogP contribution is -2.17. The van der Waals surface area contributed by atoms with Gasteiger partial charge >= 0.3 is 0 Å². The molecule has 0 fully saturated rings. The number of hydrogen-bond donors (Lipinski definition) is 0. The van der Waals surface area contributed by atoms with Gasteiger partial charge in [0.05, 0.1) is 12.5 Å². The van der Waals surface area contributed by atoms with Crippen LogP contribution in [0.2, 0.25) is 0 Å². The van der Waals surface area contributed by atoms with Crippen molar-refractivity contribution in [1.82, 2.24) is 0 Å². The summed E-state index contributed by atoms with van der Waals surface area (Å²) in [5.41, 5.74) is 2.37. The van der Waals surface area contributed by atoms with Crippen molar-refractivity contribution < 1.29 is 9.18 Å². The molecule has 0 saturated heterocycles. The zero-order valence-corrected chi connectivity index (χ0v) is 12.9. The maximum Gasteiger partial charge on any atom is 0.185 e. The first-order valence-electron chi connectivity index (χ1n) is 7.26. The van der Waals surface area contributed by atoms with E-state index in [4.69, 9.17) is 5.26 Å². The van der Waals surface area contributed by atoms with Gasteiger partial charge in [-0.1, -0.05) is 18.2 Å². The van der Waals surface area contributed by atoms with E-state index in [-0.39, 0.29) is 11.6 Å². The summed E-state index contributed by atoms with van der Waals surface area (Å²) in [5.74, 6) is -0.526. The molecule has 2 aromatic rings. The molecule has 116 valence electrons. The maximum atomic E-state index is 12.8. The average Bonchev–Trinajstić information content (AvgIpc) is 2.58. The number of nitrogens with zero attached hydrogens (tertiary/aromatic N) is 2. The molecular formula is C19H17FN2O. The van der Waals surface area contributed by atoms with Crippen LogP contribution in [0.25, 0.3) is 6.08 Å². The Bertz CT molecular complexity index is 727. The number of halogens is 1. The first-order valence-corrected chi connectivity index (χ1v) is 7.26. The largest absolute Gasteiger partial charge is 0.374 e. The molecular weight excluding hydrogens is 291 g/mol. The lowest BCUT2D eigenvalue weighted by atomic mass is 10.1. The van der Waals surface area contributed by atoms with E-state index in [0.29, 0.717) is 18.5 Å². The number of hydrogen-bond acceptors (Lipinski definition) is 3. The Balaban J connectivity index is 2.01. The first-order chi connectivity index (χ1) is 11.1. The summed E-state index contributed by atoms with van der Waals surface area (Å²) in [4.78, 5) is 14.0. The van der Waals surface area contributed by atoms with Crippen molar-refractivity contribution in [3.8, 4) is 6.07 Å². The van der Waals surface area contributed by atoms with Crippen LogP contribution >= 0.6 is 0 Å². The minimum atomic E-state index is -0.360. The van der Waals surface area contributed by atoms with Crippen molar-refractivity contribution in [2.75, 3.05) is 18.5 Å². The highest BCUT2D eigenvalue weighted by Crippen LogP contribution is 2.15. The molecule has 0 amide bonds. The highest BCUT2D eigenvalue weighted by molar-refractivity contribution is 6.06. The monoisotopic (exact) mass is 308 g/mol. The summed E-state index contributed by atoms with van der Waals surface area (Å²) < 4.78 is 12.8. The van der Waals surface area contributed by atoms with Crippen molar-refractivity contribution in [3.63, 3.8) is 0 Å². The quantitative estimate of drug-likeness (QED) is 0.597. The highest BCUT2D eigenvalue weighted by atomic mass is 19.1. The van der Waals surface area contributed by atoms with Gasteiger partial charge in [-0.15, -0.1) is 0 Å². The molecule has 4 heteroatoms. The number of nitriles is 1. The standard InChI is InChI=1S/C19H17FN2O/c1-22(14-2-13-21)18-10-3-15(4-11-18)5-12-19(23)16-6-8-17(20)9-7-16/h3-12H,2,14H2,1H3. The topological polar surface area (TPSA) is 44.1 Å². The number of ketones is 1. The van der Waals surface area contributed by atoms with E-state index in [1.807, 2.05) is 36.2 Å². The van der Waals surface area contributed by atoms with Crippen LogP contribution in [-0.2, 0) is 0 Å². The zero-order chi connectivity index (χ0) is 16.7. The van der Waals surface area contributed by atoms with Crippen LogP contribution < -0.4 is 4.90 Å². The van der Waals surface area contributed by atoms with Gasteiger partial charge in [0.1, 0.15) is 5.82 Å². The van der Waals surface area contributed by atoms with Gasteiger partial charge in [-0.2, -0.15) is 5.26 Å². The van der Waals surface area contributed by atoms with Crippen LogP contribution in [0.1, 0.15) is 22.3 Å². The van der Waals surface area contributed by atoms with Crippen molar-refractivity contribution in [1.29, 1.82) is 5.26 Å². The number of allylic oxidation sites excluding steroid dienone is 1. The third-order valence-electron chi connectivity index (χ3n) is 3.45. The fraction of sp³-hybridized carbons (Fsp3) is 0.158. The fourth-order valence-electron chi connectivity index (χ4n) is 2.07. The van der Waals surface area contributed by atoms with Crippen LogP contribution in [0.15, 0.2) is 54.6 Å². The van der Waals surface area contributed by atoms with Gasteiger partial charge in [-0.25, -0.2) is 4.39 Å². The lowest BCUT2D eigenvalue weighted by Gasteiger charge is -2.17. The van der Waals surface area contributed by atoms with Crippen molar-refractivity contribution in [2.24, 2.45) is 0 Å². The Morgan fingerprint density at radius 1 is 1.17 bits per heavy atom. The predicted molar refractivity (Wildman–Crippen MR) is 89.7 cm³/mol. The van der Waals surface area contributed by atoms with Crippen molar-refractivity contribution in [3.05, 3.63) is 71.6 Å². The van der Waals surface area contributed by atoms with Crippen LogP contribution in [0.3, 0.4) is 0 Å². The number of benzene rings is 2. The second-order valence-corrected chi connectivity index (χ2v) is 5.13. The van der Waals surface area contributed by atoms with Crippen molar-refractivity contribution >= 4 is 17.5 Å². The molecule has 0 spiro atoms. The molecule has 0 aromatic heterocycles. The Labute approximate surface area is 135 Å². The van der Waals surface area contributed by atoms with E-state index in [0.717, 1.165) is 11.3 Å². The molecule has 23 heavy (non-hydrogen) atoms. The van der Waals surface area contributed by atoms with E-state index in [9.17, 15) is 9.18 Å². The molecule has 3 nitrogen and oxygen atoms in total. The molecule has 0 aliphatic rings. The Morgan fingerprint density at radius 3 is 2.43 bits per heavy atom. The van der Waals surface area contributed by atoms with E-state index in [2.05, 4.69) is 6.07 Å². The van der Waals surface area contributed by atoms with Gasteiger partial charge in [0.2, 0.25) is 0 Å². The lowest BCUT2D eigenvalue weighted by molar-refractivity contribution is 0.104. The third kappa shape index (κ3) is 4.79. The average molecular weight is 308 g/mol. The molecule has 0 aliphatic heterocycles. The summed E-state index contributed by atoms with van der Waals surface area (Å²) in [5, 5.41) is 8.60. The van der Waals surface area contributed by atoms with Crippen LogP contribution in [-0.4, -0.2) is 19.4 Å². The molecule has 0 heterocycles. The van der Waals surface area contributed by atoms with Gasteiger partial charge in [0, 0.05) is 24.8 Å². The molecule has 0 N–H and O–H groups in total. The van der Waals surface area contributed by atoms with Gasteiger partial charge < -0.3 is 4.90 Å². The summed E-state index contributed by atoms with van der Waals surface area (Å²) in [7, 11) is 1.93. The van der Waals surface area contributed by atoms with Gasteiger partial charge in [-0.3, -0.25) is 4.79 Å². The first kappa shape index (κ1) is 16.4. The molecule has 0 radical (unpaired) electrons. The number of carbonyl (C=O) groups is 1. The number of carbonyl (C=O) groups excluding carboxylic acids is 1. The maximum absolute atomic E-state index is 12.8. The van der Waals surface area contributed by atoms with Gasteiger partial charge in [0.15, 0.2) is 5.78 Å². The minimum Gasteiger partial charge on any atom is -0.374 e. The van der Waals surface area contributed by atoms with E-state index in [1.54, 1.807) is 6.08 Å². The Morgan fingerprint density at radius 2 is 1.83 bits per heavy atom. The Kier molecular flexibility index (Phi) is 5.65. The molecule has 0 atom stereocenters. The molecule has 0 unspecified atom stereocenters. The highest BCUT2D eigenvalue weighted by Gasteiger charge is 2.02. The second-order valence-electron chi connectivity index (χ2n) is 5.13. The van der Waals surface area contributed by atoms with Gasteiger partial charge in [-0.05, 0) is 48.0 Å². The normalized spacial score (nSPS) is 10.5. The summed E-state index contributed by atoms with van der Waals surface area (Å²) in [6, 6.07) is 15.3. The van der Waals surface area contributed by atoms with Crippen LogP contribution in [0.5, 0.6) is 0 Å². The Hall–Kier alpha value is -2.93. The zero-order valence-electron chi connectivity index (χ0n) is 12.9. The SMILES string of the molecule is CN(CCC#N)c1ccc(C=CC(=O)c2ccc(F)cc2)cc1. The van der Waals surface area contributed by atoms with Crippen LogP contribution in [0, 0.1) is 17.1 Å². The number of rotatable bonds is 6. The summed E-state index contributed by atoms with van der Waals surface area (Å²) in [6.45, 7) is 0.675. The molecule has 2 aromatic carbocycles. The van der Waals surface area contributed by atoms with E-state index < -0.39 is 0 Å². The third-order valence-corrected chi connectivity index (χ3v) is 3.45. The molecule has 0 bridgehead atoms. The summed E-state index contributed by atoms with van der Waals surface area (Å²) in [6.07, 6.45) is 3.68. The summed E-state index contributed by atoms with van der Waals surface area (Å²) >= 11 is 0. The van der Waals surface area contributed by atoms with E-state index >= 15 is 0 Å². The number of anilines is 1. The minimum absolute atomic E-state index is 0.166. The second kappa shape index (κ2) is 7.90. The molecule has 0 saturated carbocycles. The molecule has 0 aliphatic carbocycles. The molecule has 2 rings (SSSR count). The smallest absolute Gasteiger partial charge is 0.185 e. The fourth-order valence-corrected chi connectivity index (χ4v) is 2.07. The predicted octanol–water partition coefficient (Wildman–Crippen LogP) is 4.07. The van der Waals surface area contributed by atoms with Crippen molar-refractivity contribution in [2.45, 2.75) is 6.42 Å².